The minimum Gasteiger partial charge on any atom is -0.378 e. The van der Waals surface area contributed by atoms with Crippen molar-refractivity contribution in [3.8, 4) is 0 Å². The highest BCUT2D eigenvalue weighted by Crippen LogP contribution is 2.28. The molecule has 106 valence electrons. The highest BCUT2D eigenvalue weighted by Gasteiger charge is 2.41. The zero-order valence-electron chi connectivity index (χ0n) is 11.6. The van der Waals surface area contributed by atoms with E-state index in [-0.39, 0.29) is 5.91 Å². The SMILES string of the molecule is Cc1cnc(C2(NC(=O)c3cccn3C)CCOC2)[nH]1. The van der Waals surface area contributed by atoms with Crippen LogP contribution < -0.4 is 5.32 Å². The van der Waals surface area contributed by atoms with E-state index in [4.69, 9.17) is 4.74 Å². The average Bonchev–Trinajstić information content (AvgIpc) is 3.10. The van der Waals surface area contributed by atoms with Crippen LogP contribution in [0, 0.1) is 6.92 Å². The number of imidazole rings is 1. The highest BCUT2D eigenvalue weighted by atomic mass is 16.5. The van der Waals surface area contributed by atoms with Gasteiger partial charge in [-0.1, -0.05) is 0 Å². The summed E-state index contributed by atoms with van der Waals surface area (Å²) in [6.45, 7) is 3.00. The van der Waals surface area contributed by atoms with Gasteiger partial charge in [0.25, 0.3) is 5.91 Å². The third-order valence-corrected chi connectivity index (χ3v) is 3.71. The summed E-state index contributed by atoms with van der Waals surface area (Å²) in [7, 11) is 1.85. The number of aryl methyl sites for hydroxylation is 2. The second kappa shape index (κ2) is 4.79. The molecule has 1 atom stereocenters. The number of nitrogens with zero attached hydrogens (tertiary/aromatic N) is 2. The maximum Gasteiger partial charge on any atom is 0.268 e. The lowest BCUT2D eigenvalue weighted by molar-refractivity contribution is 0.0861. The van der Waals surface area contributed by atoms with Crippen molar-refractivity contribution in [1.82, 2.24) is 19.9 Å². The molecule has 3 rings (SSSR count). The average molecular weight is 274 g/mol. The zero-order valence-corrected chi connectivity index (χ0v) is 11.6. The largest absolute Gasteiger partial charge is 0.378 e. The molecule has 6 nitrogen and oxygen atoms in total. The molecule has 0 aliphatic carbocycles. The van der Waals surface area contributed by atoms with Crippen molar-refractivity contribution in [2.75, 3.05) is 13.2 Å². The Morgan fingerprint density at radius 2 is 2.45 bits per heavy atom. The number of aromatic amines is 1. The number of rotatable bonds is 3. The molecule has 3 heterocycles. The fourth-order valence-corrected chi connectivity index (χ4v) is 2.54. The molecule has 6 heteroatoms. The lowest BCUT2D eigenvalue weighted by atomic mass is 9.97. The number of carbonyl (C=O) groups is 1. The van der Waals surface area contributed by atoms with Gasteiger partial charge in [0.05, 0.1) is 6.61 Å². The lowest BCUT2D eigenvalue weighted by Gasteiger charge is -2.26. The quantitative estimate of drug-likeness (QED) is 0.880. The first-order chi connectivity index (χ1) is 9.61. The van der Waals surface area contributed by atoms with Gasteiger partial charge in [0, 0.05) is 38.2 Å². The van der Waals surface area contributed by atoms with Gasteiger partial charge in [-0.2, -0.15) is 0 Å². The second-order valence-electron chi connectivity index (χ2n) is 5.26. The molecule has 0 radical (unpaired) electrons. The van der Waals surface area contributed by atoms with E-state index in [1.165, 1.54) is 0 Å². The molecule has 0 spiro atoms. The van der Waals surface area contributed by atoms with E-state index in [0.717, 1.165) is 17.9 Å². The van der Waals surface area contributed by atoms with E-state index < -0.39 is 5.54 Å². The number of aromatic nitrogens is 3. The van der Waals surface area contributed by atoms with E-state index in [1.807, 2.05) is 26.2 Å². The van der Waals surface area contributed by atoms with Crippen LogP contribution in [0.2, 0.25) is 0 Å². The number of H-pyrrole nitrogens is 1. The van der Waals surface area contributed by atoms with E-state index in [9.17, 15) is 4.79 Å². The first-order valence-electron chi connectivity index (χ1n) is 6.64. The monoisotopic (exact) mass is 274 g/mol. The van der Waals surface area contributed by atoms with Gasteiger partial charge in [0.2, 0.25) is 0 Å². The van der Waals surface area contributed by atoms with Crippen LogP contribution >= 0.6 is 0 Å². The Kier molecular flexibility index (Phi) is 3.10. The summed E-state index contributed by atoms with van der Waals surface area (Å²) in [5.41, 5.74) is 1.04. The van der Waals surface area contributed by atoms with Crippen molar-refractivity contribution in [2.45, 2.75) is 18.9 Å². The third kappa shape index (κ3) is 2.12. The minimum atomic E-state index is -0.560. The van der Waals surface area contributed by atoms with Crippen LogP contribution in [0.5, 0.6) is 0 Å². The predicted molar refractivity (Wildman–Crippen MR) is 73.3 cm³/mol. The molecule has 1 aliphatic rings. The highest BCUT2D eigenvalue weighted by molar-refractivity contribution is 5.93. The summed E-state index contributed by atoms with van der Waals surface area (Å²) >= 11 is 0. The van der Waals surface area contributed by atoms with Gasteiger partial charge in [0.1, 0.15) is 17.1 Å². The first-order valence-corrected chi connectivity index (χ1v) is 6.64. The molecule has 0 saturated carbocycles. The fraction of sp³-hybridized carbons (Fsp3) is 0.429. The van der Waals surface area contributed by atoms with Crippen LogP contribution in [0.15, 0.2) is 24.5 Å². The Balaban J connectivity index is 1.89. The summed E-state index contributed by atoms with van der Waals surface area (Å²) in [6, 6.07) is 3.65. The number of amides is 1. The van der Waals surface area contributed by atoms with Gasteiger partial charge < -0.3 is 19.6 Å². The smallest absolute Gasteiger partial charge is 0.268 e. The Morgan fingerprint density at radius 3 is 3.00 bits per heavy atom. The maximum atomic E-state index is 12.4. The summed E-state index contributed by atoms with van der Waals surface area (Å²) in [5, 5.41) is 3.09. The first kappa shape index (κ1) is 12.9. The van der Waals surface area contributed by atoms with Crippen molar-refractivity contribution in [2.24, 2.45) is 7.05 Å². The number of carbonyl (C=O) groups excluding carboxylic acids is 1. The van der Waals surface area contributed by atoms with Gasteiger partial charge >= 0.3 is 0 Å². The fourth-order valence-electron chi connectivity index (χ4n) is 2.54. The van der Waals surface area contributed by atoms with Crippen LogP contribution in [0.1, 0.15) is 28.4 Å². The minimum absolute atomic E-state index is 0.114. The van der Waals surface area contributed by atoms with Crippen molar-refractivity contribution in [1.29, 1.82) is 0 Å². The molecule has 1 aliphatic heterocycles. The molecule has 1 saturated heterocycles. The molecule has 1 unspecified atom stereocenters. The van der Waals surface area contributed by atoms with Gasteiger partial charge in [-0.3, -0.25) is 4.79 Å². The predicted octanol–water partition coefficient (Wildman–Crippen LogP) is 1.10. The van der Waals surface area contributed by atoms with Crippen molar-refractivity contribution < 1.29 is 9.53 Å². The molecule has 2 aromatic rings. The normalized spacial score (nSPS) is 22.1. The second-order valence-corrected chi connectivity index (χ2v) is 5.26. The van der Waals surface area contributed by atoms with Gasteiger partial charge in [0.15, 0.2) is 0 Å². The Morgan fingerprint density at radius 1 is 1.60 bits per heavy atom. The van der Waals surface area contributed by atoms with Crippen LogP contribution in [0.3, 0.4) is 0 Å². The van der Waals surface area contributed by atoms with Crippen molar-refractivity contribution >= 4 is 5.91 Å². The van der Waals surface area contributed by atoms with E-state index in [0.29, 0.717) is 18.9 Å². The molecular formula is C14H18N4O2. The molecule has 1 fully saturated rings. The number of ether oxygens (including phenoxy) is 1. The van der Waals surface area contributed by atoms with E-state index in [2.05, 4.69) is 15.3 Å². The topological polar surface area (TPSA) is 71.9 Å². The summed E-state index contributed by atoms with van der Waals surface area (Å²) < 4.78 is 7.29. The van der Waals surface area contributed by atoms with Gasteiger partial charge in [-0.25, -0.2) is 4.98 Å². The third-order valence-electron chi connectivity index (χ3n) is 3.71. The molecule has 0 aromatic carbocycles. The summed E-state index contributed by atoms with van der Waals surface area (Å²) in [4.78, 5) is 20.0. The van der Waals surface area contributed by atoms with Crippen molar-refractivity contribution in [3.63, 3.8) is 0 Å². The van der Waals surface area contributed by atoms with Crippen molar-refractivity contribution in [3.05, 3.63) is 41.7 Å². The lowest BCUT2D eigenvalue weighted by Crippen LogP contribution is -2.47. The maximum absolute atomic E-state index is 12.4. The van der Waals surface area contributed by atoms with Crippen LogP contribution in [0.25, 0.3) is 0 Å². The van der Waals surface area contributed by atoms with Gasteiger partial charge in [-0.05, 0) is 19.1 Å². The number of hydrogen-bond acceptors (Lipinski definition) is 3. The molecule has 20 heavy (non-hydrogen) atoms. The summed E-state index contributed by atoms with van der Waals surface area (Å²) in [6.07, 6.45) is 4.34. The standard InChI is InChI=1S/C14H18N4O2/c1-10-8-15-13(16-10)14(5-7-20-9-14)17-12(19)11-4-3-6-18(11)2/h3-4,6,8H,5,7,9H2,1-2H3,(H,15,16)(H,17,19). The molecule has 1 amide bonds. The Hall–Kier alpha value is -2.08. The van der Waals surface area contributed by atoms with E-state index in [1.54, 1.807) is 16.8 Å². The van der Waals surface area contributed by atoms with E-state index >= 15 is 0 Å². The summed E-state index contributed by atoms with van der Waals surface area (Å²) in [5.74, 6) is 0.645. The number of hydrogen-bond donors (Lipinski definition) is 2. The van der Waals surface area contributed by atoms with Crippen LogP contribution in [0.4, 0.5) is 0 Å². The molecular weight excluding hydrogens is 256 g/mol. The van der Waals surface area contributed by atoms with Crippen LogP contribution in [-0.2, 0) is 17.3 Å². The van der Waals surface area contributed by atoms with Gasteiger partial charge in [-0.15, -0.1) is 0 Å². The zero-order chi connectivity index (χ0) is 14.2. The molecule has 2 N–H and O–H groups in total. The molecule has 2 aromatic heterocycles. The van der Waals surface area contributed by atoms with Crippen LogP contribution in [-0.4, -0.2) is 33.7 Å². The Labute approximate surface area is 117 Å². The molecule has 0 bridgehead atoms. The number of nitrogens with one attached hydrogen (secondary N) is 2. The Bertz CT molecular complexity index is 623.